The summed E-state index contributed by atoms with van der Waals surface area (Å²) in [7, 11) is 2.03. The highest BCUT2D eigenvalue weighted by Crippen LogP contribution is 2.10. The van der Waals surface area contributed by atoms with E-state index >= 15 is 0 Å². The van der Waals surface area contributed by atoms with Crippen LogP contribution in [0.25, 0.3) is 0 Å². The van der Waals surface area contributed by atoms with E-state index in [0.717, 1.165) is 38.1 Å². The maximum atomic E-state index is 4.40. The molecule has 2 aromatic rings. The van der Waals surface area contributed by atoms with Crippen molar-refractivity contribution in [2.24, 2.45) is 0 Å². The summed E-state index contributed by atoms with van der Waals surface area (Å²) in [6, 6.07) is 9.19. The molecule has 114 valence electrons. The molecule has 0 radical (unpaired) electrons. The second-order valence-electron chi connectivity index (χ2n) is 5.62. The minimum absolute atomic E-state index is 0.435. The van der Waals surface area contributed by atoms with Crippen LogP contribution in [0.2, 0.25) is 0 Å². The Hall–Kier alpha value is -1.68. The molecule has 2 rings (SSSR count). The number of aryl methyl sites for hydroxylation is 3. The molecule has 1 atom stereocenters. The molecule has 1 heterocycles. The first-order valence-electron chi connectivity index (χ1n) is 7.82. The summed E-state index contributed by atoms with van der Waals surface area (Å²) < 4.78 is 2.02. The lowest BCUT2D eigenvalue weighted by molar-refractivity contribution is 0.480. The molecule has 4 heteroatoms. The van der Waals surface area contributed by atoms with Crippen molar-refractivity contribution in [3.63, 3.8) is 0 Å². The average molecular weight is 286 g/mol. The SMILES string of the molecule is CCCn1ncnc1CC(CCc1cccc(C)c1)NC. The summed E-state index contributed by atoms with van der Waals surface area (Å²) in [5.74, 6) is 1.08. The molecule has 1 unspecified atom stereocenters. The third kappa shape index (κ3) is 4.67. The predicted molar refractivity (Wildman–Crippen MR) is 86.4 cm³/mol. The largest absolute Gasteiger partial charge is 0.317 e. The Labute approximate surface area is 127 Å². The van der Waals surface area contributed by atoms with Crippen molar-refractivity contribution in [3.8, 4) is 0 Å². The number of likely N-dealkylation sites (N-methyl/N-ethyl adjacent to an activating group) is 1. The third-order valence-corrected chi connectivity index (χ3v) is 3.83. The Morgan fingerprint density at radius 2 is 2.19 bits per heavy atom. The van der Waals surface area contributed by atoms with Crippen molar-refractivity contribution >= 4 is 0 Å². The molecule has 0 bridgehead atoms. The molecule has 0 spiro atoms. The van der Waals surface area contributed by atoms with Gasteiger partial charge in [0.25, 0.3) is 0 Å². The number of benzene rings is 1. The van der Waals surface area contributed by atoms with Gasteiger partial charge in [0.15, 0.2) is 0 Å². The minimum Gasteiger partial charge on any atom is -0.317 e. The molecule has 0 saturated carbocycles. The van der Waals surface area contributed by atoms with Gasteiger partial charge >= 0.3 is 0 Å². The van der Waals surface area contributed by atoms with Crippen molar-refractivity contribution in [1.82, 2.24) is 20.1 Å². The van der Waals surface area contributed by atoms with Crippen LogP contribution in [0.1, 0.15) is 36.7 Å². The number of nitrogens with one attached hydrogen (secondary N) is 1. The van der Waals surface area contributed by atoms with Crippen LogP contribution < -0.4 is 5.32 Å². The molecule has 0 aliphatic heterocycles. The second kappa shape index (κ2) is 7.93. The van der Waals surface area contributed by atoms with E-state index in [9.17, 15) is 0 Å². The van der Waals surface area contributed by atoms with E-state index in [4.69, 9.17) is 0 Å². The quantitative estimate of drug-likeness (QED) is 0.811. The van der Waals surface area contributed by atoms with Gasteiger partial charge in [-0.15, -0.1) is 0 Å². The molecule has 21 heavy (non-hydrogen) atoms. The van der Waals surface area contributed by atoms with E-state index < -0.39 is 0 Å². The first-order valence-corrected chi connectivity index (χ1v) is 7.82. The number of aromatic nitrogens is 3. The number of hydrogen-bond donors (Lipinski definition) is 1. The summed E-state index contributed by atoms with van der Waals surface area (Å²) >= 11 is 0. The van der Waals surface area contributed by atoms with Gasteiger partial charge in [-0.05, 0) is 38.8 Å². The van der Waals surface area contributed by atoms with E-state index in [2.05, 4.69) is 53.5 Å². The van der Waals surface area contributed by atoms with Crippen LogP contribution in [-0.4, -0.2) is 27.9 Å². The maximum Gasteiger partial charge on any atom is 0.138 e. The highest BCUT2D eigenvalue weighted by molar-refractivity contribution is 5.22. The first-order chi connectivity index (χ1) is 10.2. The molecular weight excluding hydrogens is 260 g/mol. The van der Waals surface area contributed by atoms with Crippen LogP contribution in [-0.2, 0) is 19.4 Å². The molecule has 0 fully saturated rings. The van der Waals surface area contributed by atoms with E-state index in [0.29, 0.717) is 6.04 Å². The minimum atomic E-state index is 0.435. The zero-order valence-electron chi connectivity index (χ0n) is 13.3. The van der Waals surface area contributed by atoms with Crippen LogP contribution in [0, 0.1) is 6.92 Å². The van der Waals surface area contributed by atoms with Gasteiger partial charge in [0, 0.05) is 19.0 Å². The fourth-order valence-electron chi connectivity index (χ4n) is 2.62. The molecule has 4 nitrogen and oxygen atoms in total. The highest BCUT2D eigenvalue weighted by atomic mass is 15.3. The molecule has 1 N–H and O–H groups in total. The number of rotatable bonds is 8. The van der Waals surface area contributed by atoms with Gasteiger partial charge in [-0.25, -0.2) is 4.98 Å². The van der Waals surface area contributed by atoms with Crippen molar-refractivity contribution in [1.29, 1.82) is 0 Å². The predicted octanol–water partition coefficient (Wildman–Crippen LogP) is 2.76. The normalized spacial score (nSPS) is 12.5. The van der Waals surface area contributed by atoms with Crippen molar-refractivity contribution in [3.05, 3.63) is 47.5 Å². The first kappa shape index (κ1) is 15.7. The van der Waals surface area contributed by atoms with Gasteiger partial charge in [-0.1, -0.05) is 36.8 Å². The molecule has 0 aliphatic rings. The molecule has 0 aliphatic carbocycles. The van der Waals surface area contributed by atoms with Gasteiger partial charge in [-0.2, -0.15) is 5.10 Å². The van der Waals surface area contributed by atoms with Gasteiger partial charge in [0.1, 0.15) is 12.2 Å². The monoisotopic (exact) mass is 286 g/mol. The van der Waals surface area contributed by atoms with Gasteiger partial charge in [0.05, 0.1) is 0 Å². The van der Waals surface area contributed by atoms with E-state index in [1.54, 1.807) is 6.33 Å². The Kier molecular flexibility index (Phi) is 5.93. The van der Waals surface area contributed by atoms with Gasteiger partial charge in [0.2, 0.25) is 0 Å². The fraction of sp³-hybridized carbons (Fsp3) is 0.529. The van der Waals surface area contributed by atoms with Crippen LogP contribution in [0.4, 0.5) is 0 Å². The molecule has 0 amide bonds. The Bertz CT molecular complexity index is 547. The lowest BCUT2D eigenvalue weighted by atomic mass is 10.0. The second-order valence-corrected chi connectivity index (χ2v) is 5.62. The average Bonchev–Trinajstić information content (AvgIpc) is 2.91. The summed E-state index contributed by atoms with van der Waals surface area (Å²) in [4.78, 5) is 4.40. The van der Waals surface area contributed by atoms with Crippen molar-refractivity contribution in [2.75, 3.05) is 7.05 Å². The van der Waals surface area contributed by atoms with E-state index in [-0.39, 0.29) is 0 Å². The zero-order chi connectivity index (χ0) is 15.1. The zero-order valence-corrected chi connectivity index (χ0v) is 13.3. The summed E-state index contributed by atoms with van der Waals surface area (Å²) in [5.41, 5.74) is 2.74. The standard InChI is InChI=1S/C17H26N4/c1-4-10-21-17(19-13-20-21)12-16(18-3)9-8-15-7-5-6-14(2)11-15/h5-7,11,13,16,18H,4,8-10,12H2,1-3H3. The maximum absolute atomic E-state index is 4.40. The van der Waals surface area contributed by atoms with Gasteiger partial charge in [-0.3, -0.25) is 4.68 Å². The smallest absolute Gasteiger partial charge is 0.138 e. The lowest BCUT2D eigenvalue weighted by Gasteiger charge is -2.16. The van der Waals surface area contributed by atoms with E-state index in [1.807, 2.05) is 11.7 Å². The Balaban J connectivity index is 1.92. The van der Waals surface area contributed by atoms with Crippen molar-refractivity contribution < 1.29 is 0 Å². The summed E-state index contributed by atoms with van der Waals surface area (Å²) in [5, 5.41) is 7.71. The fourth-order valence-corrected chi connectivity index (χ4v) is 2.62. The lowest BCUT2D eigenvalue weighted by Crippen LogP contribution is -2.29. The van der Waals surface area contributed by atoms with Gasteiger partial charge < -0.3 is 5.32 Å². The molecule has 0 saturated heterocycles. The molecule has 1 aromatic heterocycles. The van der Waals surface area contributed by atoms with Crippen molar-refractivity contribution in [2.45, 2.75) is 52.1 Å². The van der Waals surface area contributed by atoms with Crippen LogP contribution >= 0.6 is 0 Å². The van der Waals surface area contributed by atoms with Crippen LogP contribution in [0.5, 0.6) is 0 Å². The summed E-state index contributed by atoms with van der Waals surface area (Å²) in [6.45, 7) is 5.26. The molecular formula is C17H26N4. The molecule has 1 aromatic carbocycles. The van der Waals surface area contributed by atoms with Crippen LogP contribution in [0.3, 0.4) is 0 Å². The number of hydrogen-bond acceptors (Lipinski definition) is 3. The van der Waals surface area contributed by atoms with E-state index in [1.165, 1.54) is 11.1 Å². The number of nitrogens with zero attached hydrogens (tertiary/aromatic N) is 3. The third-order valence-electron chi connectivity index (χ3n) is 3.83. The summed E-state index contributed by atoms with van der Waals surface area (Å²) in [6.07, 6.45) is 5.89. The topological polar surface area (TPSA) is 42.7 Å². The Morgan fingerprint density at radius 1 is 1.33 bits per heavy atom. The Morgan fingerprint density at radius 3 is 2.90 bits per heavy atom. The highest BCUT2D eigenvalue weighted by Gasteiger charge is 2.12. The van der Waals surface area contributed by atoms with Crippen LogP contribution in [0.15, 0.2) is 30.6 Å².